The molecule has 0 aromatic rings. The maximum absolute atomic E-state index is 11.6. The Hall–Kier alpha value is 0.160. The van der Waals surface area contributed by atoms with Gasteiger partial charge in [0.2, 0.25) is 10.0 Å². The first-order chi connectivity index (χ1) is 8.03. The fourth-order valence-electron chi connectivity index (χ4n) is 2.12. The molecule has 4 nitrogen and oxygen atoms in total. The van der Waals surface area contributed by atoms with Crippen molar-refractivity contribution >= 4 is 21.6 Å². The molecule has 0 aliphatic heterocycles. The number of hydrogen-bond donors (Lipinski definition) is 1. The van der Waals surface area contributed by atoms with Crippen LogP contribution in [0.25, 0.3) is 0 Å². The van der Waals surface area contributed by atoms with E-state index >= 15 is 0 Å². The van der Waals surface area contributed by atoms with E-state index in [1.54, 1.807) is 7.11 Å². The summed E-state index contributed by atoms with van der Waals surface area (Å²) in [5.41, 5.74) is 0. The predicted octanol–water partition coefficient (Wildman–Crippen LogP) is 1.74. The maximum atomic E-state index is 11.6. The number of nitrogens with one attached hydrogen (secondary N) is 1. The molecule has 6 heteroatoms. The standard InChI is InChI=1S/C11H22ClNO3S/c1-16-6-3-7-17(14,15)13-9-10-4-2-5-11(12)8-10/h10-11,13H,2-9H2,1H3. The number of ether oxygens (including phenoxy) is 1. The van der Waals surface area contributed by atoms with Crippen molar-refractivity contribution < 1.29 is 13.2 Å². The molecule has 2 atom stereocenters. The van der Waals surface area contributed by atoms with E-state index in [9.17, 15) is 8.42 Å². The molecule has 0 amide bonds. The van der Waals surface area contributed by atoms with Crippen molar-refractivity contribution in [1.29, 1.82) is 0 Å². The fraction of sp³-hybridized carbons (Fsp3) is 1.00. The van der Waals surface area contributed by atoms with Gasteiger partial charge in [-0.25, -0.2) is 13.1 Å². The molecule has 1 aliphatic carbocycles. The van der Waals surface area contributed by atoms with Crippen LogP contribution in [0.1, 0.15) is 32.1 Å². The Kier molecular flexibility index (Phi) is 6.77. The summed E-state index contributed by atoms with van der Waals surface area (Å²) in [5.74, 6) is 0.529. The van der Waals surface area contributed by atoms with Crippen LogP contribution in [0.5, 0.6) is 0 Å². The van der Waals surface area contributed by atoms with Gasteiger partial charge in [-0.2, -0.15) is 0 Å². The van der Waals surface area contributed by atoms with Crippen LogP contribution >= 0.6 is 11.6 Å². The van der Waals surface area contributed by atoms with Crippen molar-refractivity contribution in [2.45, 2.75) is 37.5 Å². The number of alkyl halides is 1. The second kappa shape index (κ2) is 7.56. The highest BCUT2D eigenvalue weighted by Crippen LogP contribution is 2.27. The van der Waals surface area contributed by atoms with Crippen molar-refractivity contribution in [3.05, 3.63) is 0 Å². The topological polar surface area (TPSA) is 55.4 Å². The zero-order chi connectivity index (χ0) is 12.7. The Labute approximate surface area is 109 Å². The van der Waals surface area contributed by atoms with E-state index in [2.05, 4.69) is 4.72 Å². The lowest BCUT2D eigenvalue weighted by molar-refractivity contribution is 0.199. The Morgan fingerprint density at radius 2 is 2.18 bits per heavy atom. The zero-order valence-electron chi connectivity index (χ0n) is 10.3. The highest BCUT2D eigenvalue weighted by Gasteiger charge is 2.21. The summed E-state index contributed by atoms with van der Waals surface area (Å²) in [6, 6.07) is 0. The molecule has 0 aromatic heterocycles. The lowest BCUT2D eigenvalue weighted by atomic mass is 9.89. The number of halogens is 1. The van der Waals surface area contributed by atoms with Crippen molar-refractivity contribution in [2.75, 3.05) is 26.0 Å². The van der Waals surface area contributed by atoms with Gasteiger partial charge in [-0.3, -0.25) is 0 Å². The first-order valence-corrected chi connectivity index (χ1v) is 8.22. The predicted molar refractivity (Wildman–Crippen MR) is 69.9 cm³/mol. The van der Waals surface area contributed by atoms with Crippen LogP contribution < -0.4 is 4.72 Å². The third-order valence-corrected chi connectivity index (χ3v) is 4.90. The van der Waals surface area contributed by atoms with E-state index in [0.717, 1.165) is 25.7 Å². The highest BCUT2D eigenvalue weighted by molar-refractivity contribution is 7.89. The molecule has 0 bridgehead atoms. The molecule has 102 valence electrons. The van der Waals surface area contributed by atoms with Crippen LogP contribution in [0.3, 0.4) is 0 Å². The lowest BCUT2D eigenvalue weighted by Gasteiger charge is -2.25. The van der Waals surface area contributed by atoms with Crippen molar-refractivity contribution in [3.63, 3.8) is 0 Å². The molecule has 2 unspecified atom stereocenters. The minimum absolute atomic E-state index is 0.137. The Bertz CT molecular complexity index is 308. The summed E-state index contributed by atoms with van der Waals surface area (Å²) in [5, 5.41) is 0.215. The van der Waals surface area contributed by atoms with E-state index in [0.29, 0.717) is 25.5 Å². The van der Waals surface area contributed by atoms with Gasteiger partial charge >= 0.3 is 0 Å². The molecule has 0 heterocycles. The molecule has 1 saturated carbocycles. The molecular formula is C11H22ClNO3S. The molecular weight excluding hydrogens is 262 g/mol. The van der Waals surface area contributed by atoms with Gasteiger partial charge in [0.15, 0.2) is 0 Å². The van der Waals surface area contributed by atoms with Gasteiger partial charge in [0, 0.05) is 25.6 Å². The van der Waals surface area contributed by atoms with Crippen LogP contribution in [0.2, 0.25) is 0 Å². The average Bonchev–Trinajstić information content (AvgIpc) is 2.27. The van der Waals surface area contributed by atoms with Gasteiger partial charge in [-0.1, -0.05) is 6.42 Å². The SMILES string of the molecule is COCCCS(=O)(=O)NCC1CCCC(Cl)C1. The molecule has 0 radical (unpaired) electrons. The summed E-state index contributed by atoms with van der Waals surface area (Å²) >= 11 is 6.07. The van der Waals surface area contributed by atoms with E-state index in [4.69, 9.17) is 16.3 Å². The zero-order valence-corrected chi connectivity index (χ0v) is 11.9. The van der Waals surface area contributed by atoms with E-state index in [-0.39, 0.29) is 11.1 Å². The summed E-state index contributed by atoms with van der Waals surface area (Å²) in [6.07, 6.45) is 4.68. The normalized spacial score (nSPS) is 26.0. The third-order valence-electron chi connectivity index (χ3n) is 3.07. The van der Waals surface area contributed by atoms with Crippen LogP contribution in [-0.2, 0) is 14.8 Å². The summed E-state index contributed by atoms with van der Waals surface area (Å²) < 4.78 is 30.8. The number of hydrogen-bond acceptors (Lipinski definition) is 3. The van der Waals surface area contributed by atoms with Gasteiger partial charge in [-0.15, -0.1) is 11.6 Å². The lowest BCUT2D eigenvalue weighted by Crippen LogP contribution is -2.33. The second-order valence-electron chi connectivity index (χ2n) is 4.64. The highest BCUT2D eigenvalue weighted by atomic mass is 35.5. The Balaban J connectivity index is 2.23. The van der Waals surface area contributed by atoms with Gasteiger partial charge in [0.05, 0.1) is 5.75 Å². The van der Waals surface area contributed by atoms with Crippen LogP contribution in [0, 0.1) is 5.92 Å². The molecule has 0 aromatic carbocycles. The maximum Gasteiger partial charge on any atom is 0.211 e. The van der Waals surface area contributed by atoms with Gasteiger partial charge in [-0.05, 0) is 31.6 Å². The molecule has 1 aliphatic rings. The largest absolute Gasteiger partial charge is 0.385 e. The number of methoxy groups -OCH3 is 1. The average molecular weight is 284 g/mol. The van der Waals surface area contributed by atoms with E-state index in [1.165, 1.54) is 0 Å². The van der Waals surface area contributed by atoms with Gasteiger partial charge < -0.3 is 4.74 Å². The Morgan fingerprint density at radius 3 is 2.82 bits per heavy atom. The number of rotatable bonds is 7. The second-order valence-corrected chi connectivity index (χ2v) is 7.19. The van der Waals surface area contributed by atoms with Crippen molar-refractivity contribution in [1.82, 2.24) is 4.72 Å². The molecule has 17 heavy (non-hydrogen) atoms. The van der Waals surface area contributed by atoms with E-state index < -0.39 is 10.0 Å². The van der Waals surface area contributed by atoms with Gasteiger partial charge in [0.25, 0.3) is 0 Å². The molecule has 0 spiro atoms. The first kappa shape index (κ1) is 15.2. The number of sulfonamides is 1. The van der Waals surface area contributed by atoms with Crippen LogP contribution in [0.15, 0.2) is 0 Å². The minimum atomic E-state index is -3.14. The fourth-order valence-corrected chi connectivity index (χ4v) is 3.66. The smallest absolute Gasteiger partial charge is 0.211 e. The summed E-state index contributed by atoms with van der Waals surface area (Å²) in [6.45, 7) is 1.01. The van der Waals surface area contributed by atoms with Crippen LogP contribution in [0.4, 0.5) is 0 Å². The molecule has 1 fully saturated rings. The quantitative estimate of drug-likeness (QED) is 0.572. The third kappa shape index (κ3) is 6.60. The summed E-state index contributed by atoms with van der Waals surface area (Å²) in [7, 11) is -1.57. The summed E-state index contributed by atoms with van der Waals surface area (Å²) in [4.78, 5) is 0. The van der Waals surface area contributed by atoms with Gasteiger partial charge in [0.1, 0.15) is 0 Å². The molecule has 1 N–H and O–H groups in total. The van der Waals surface area contributed by atoms with Crippen LogP contribution in [-0.4, -0.2) is 39.8 Å². The van der Waals surface area contributed by atoms with E-state index in [1.807, 2.05) is 0 Å². The molecule has 1 rings (SSSR count). The van der Waals surface area contributed by atoms with Crippen molar-refractivity contribution in [3.8, 4) is 0 Å². The minimum Gasteiger partial charge on any atom is -0.385 e. The Morgan fingerprint density at radius 1 is 1.41 bits per heavy atom. The van der Waals surface area contributed by atoms with Crippen molar-refractivity contribution in [2.24, 2.45) is 5.92 Å². The monoisotopic (exact) mass is 283 g/mol. The molecule has 0 saturated heterocycles. The first-order valence-electron chi connectivity index (χ1n) is 6.14.